The summed E-state index contributed by atoms with van der Waals surface area (Å²) in [6.45, 7) is 6.41. The summed E-state index contributed by atoms with van der Waals surface area (Å²) >= 11 is 7.08. The predicted molar refractivity (Wildman–Crippen MR) is 88.9 cm³/mol. The van der Waals surface area contributed by atoms with Gasteiger partial charge < -0.3 is 4.98 Å². The van der Waals surface area contributed by atoms with Gasteiger partial charge in [-0.3, -0.25) is 0 Å². The molecule has 0 saturated carbocycles. The van der Waals surface area contributed by atoms with Crippen molar-refractivity contribution in [2.24, 2.45) is 0 Å². The molecule has 20 heavy (non-hydrogen) atoms. The maximum Gasteiger partial charge on any atom is 0.130 e. The lowest BCUT2D eigenvalue weighted by Crippen LogP contribution is -2.16. The number of fused-ring (bicyclic) bond motifs is 1. The van der Waals surface area contributed by atoms with E-state index in [9.17, 15) is 0 Å². The van der Waals surface area contributed by atoms with E-state index in [1.807, 2.05) is 6.07 Å². The Balaban J connectivity index is 2.27. The number of nitrogens with one attached hydrogen (secondary N) is 1. The average Bonchev–Trinajstić information content (AvgIpc) is 2.84. The number of aromatic amines is 1. The molecule has 0 radical (unpaired) electrons. The fraction of sp³-hybridized carbons (Fsp3) is 0.250. The van der Waals surface area contributed by atoms with Crippen LogP contribution in [0.2, 0.25) is 0 Å². The van der Waals surface area contributed by atoms with E-state index in [4.69, 9.17) is 12.2 Å². The number of hydrogen-bond donors (Lipinski definition) is 1. The minimum Gasteiger partial charge on any atom is -0.343 e. The van der Waals surface area contributed by atoms with Crippen LogP contribution in [0.15, 0.2) is 35.7 Å². The van der Waals surface area contributed by atoms with Crippen molar-refractivity contribution in [3.8, 4) is 11.3 Å². The van der Waals surface area contributed by atoms with Gasteiger partial charge in [0.2, 0.25) is 0 Å². The first-order valence-electron chi connectivity index (χ1n) is 6.53. The highest BCUT2D eigenvalue weighted by molar-refractivity contribution is 7.71. The maximum atomic E-state index is 5.33. The molecule has 3 rings (SSSR count). The minimum atomic E-state index is -0.0487. The average molecular weight is 300 g/mol. The number of aromatic nitrogens is 2. The molecule has 3 aromatic rings. The van der Waals surface area contributed by atoms with E-state index in [1.165, 1.54) is 15.6 Å². The molecule has 0 aliphatic rings. The van der Waals surface area contributed by atoms with E-state index in [1.54, 1.807) is 11.3 Å². The van der Waals surface area contributed by atoms with Crippen molar-refractivity contribution >= 4 is 33.6 Å². The van der Waals surface area contributed by atoms with Crippen LogP contribution in [-0.2, 0) is 5.41 Å². The van der Waals surface area contributed by atoms with Crippen molar-refractivity contribution in [1.29, 1.82) is 0 Å². The highest BCUT2D eigenvalue weighted by Crippen LogP contribution is 2.32. The molecule has 0 aliphatic heterocycles. The zero-order chi connectivity index (χ0) is 14.3. The van der Waals surface area contributed by atoms with Crippen molar-refractivity contribution in [1.82, 2.24) is 9.97 Å². The van der Waals surface area contributed by atoms with Gasteiger partial charge in [0.15, 0.2) is 0 Å². The van der Waals surface area contributed by atoms with Gasteiger partial charge in [-0.1, -0.05) is 51.2 Å². The van der Waals surface area contributed by atoms with E-state index in [2.05, 4.69) is 60.4 Å². The molecule has 0 aliphatic carbocycles. The Bertz CT molecular complexity index is 822. The van der Waals surface area contributed by atoms with Crippen molar-refractivity contribution in [2.45, 2.75) is 26.2 Å². The standard InChI is InChI=1S/C16H16N2S2/c1-16(2,3)15-17-12(9-13(19)18-15)11-6-4-5-10-7-8-20-14(10)11/h4-9H,1-3H3,(H,17,18,19). The van der Waals surface area contributed by atoms with Crippen molar-refractivity contribution in [3.63, 3.8) is 0 Å². The number of hydrogen-bond acceptors (Lipinski definition) is 3. The number of H-pyrrole nitrogens is 1. The summed E-state index contributed by atoms with van der Waals surface area (Å²) in [4.78, 5) is 7.91. The lowest BCUT2D eigenvalue weighted by atomic mass is 9.95. The quantitative estimate of drug-likeness (QED) is 0.616. The van der Waals surface area contributed by atoms with Crippen LogP contribution in [-0.4, -0.2) is 9.97 Å². The fourth-order valence-electron chi connectivity index (χ4n) is 2.16. The molecule has 0 spiro atoms. The highest BCUT2D eigenvalue weighted by Gasteiger charge is 2.17. The molecule has 0 amide bonds. The van der Waals surface area contributed by atoms with Gasteiger partial charge in [-0.25, -0.2) is 4.98 Å². The molecule has 0 saturated heterocycles. The Kier molecular flexibility index (Phi) is 3.22. The first-order valence-corrected chi connectivity index (χ1v) is 7.82. The van der Waals surface area contributed by atoms with Gasteiger partial charge >= 0.3 is 0 Å². The third-order valence-electron chi connectivity index (χ3n) is 3.22. The van der Waals surface area contributed by atoms with E-state index >= 15 is 0 Å². The number of rotatable bonds is 1. The molecular formula is C16H16N2S2. The predicted octanol–water partition coefficient (Wildman–Crippen LogP) is 5.32. The van der Waals surface area contributed by atoms with Gasteiger partial charge in [0, 0.05) is 15.7 Å². The molecule has 2 heterocycles. The summed E-state index contributed by atoms with van der Waals surface area (Å²) in [5.41, 5.74) is 2.19. The van der Waals surface area contributed by atoms with Gasteiger partial charge in [-0.15, -0.1) is 11.3 Å². The Morgan fingerprint density at radius 3 is 2.75 bits per heavy atom. The summed E-state index contributed by atoms with van der Waals surface area (Å²) in [6, 6.07) is 10.4. The molecule has 0 unspecified atom stereocenters. The first-order chi connectivity index (χ1) is 9.45. The summed E-state index contributed by atoms with van der Waals surface area (Å²) in [7, 11) is 0. The Labute approximate surface area is 127 Å². The lowest BCUT2D eigenvalue weighted by Gasteiger charge is -2.18. The molecule has 102 valence electrons. The Morgan fingerprint density at radius 1 is 1.20 bits per heavy atom. The monoisotopic (exact) mass is 300 g/mol. The van der Waals surface area contributed by atoms with Crippen LogP contribution < -0.4 is 0 Å². The summed E-state index contributed by atoms with van der Waals surface area (Å²) < 4.78 is 1.92. The second-order valence-corrected chi connectivity index (χ2v) is 7.21. The van der Waals surface area contributed by atoms with Gasteiger partial charge in [0.05, 0.1) is 5.69 Å². The summed E-state index contributed by atoms with van der Waals surface area (Å²) in [6.07, 6.45) is 0. The van der Waals surface area contributed by atoms with E-state index < -0.39 is 0 Å². The fourth-order valence-corrected chi connectivity index (χ4v) is 3.30. The topological polar surface area (TPSA) is 28.7 Å². The molecule has 1 N–H and O–H groups in total. The maximum absolute atomic E-state index is 5.33. The van der Waals surface area contributed by atoms with E-state index in [0.717, 1.165) is 11.5 Å². The first kappa shape index (κ1) is 13.5. The van der Waals surface area contributed by atoms with E-state index in [0.29, 0.717) is 4.64 Å². The summed E-state index contributed by atoms with van der Waals surface area (Å²) in [5, 5.41) is 3.38. The van der Waals surface area contributed by atoms with Crippen molar-refractivity contribution in [3.05, 3.63) is 46.2 Å². The molecule has 0 fully saturated rings. The Morgan fingerprint density at radius 2 is 2.00 bits per heavy atom. The lowest BCUT2D eigenvalue weighted by molar-refractivity contribution is 0.545. The zero-order valence-corrected chi connectivity index (χ0v) is 13.4. The van der Waals surface area contributed by atoms with Crippen LogP contribution in [0.3, 0.4) is 0 Å². The second kappa shape index (κ2) is 4.79. The molecular weight excluding hydrogens is 284 g/mol. The van der Waals surface area contributed by atoms with Crippen molar-refractivity contribution in [2.75, 3.05) is 0 Å². The normalized spacial score (nSPS) is 11.9. The molecule has 4 heteroatoms. The minimum absolute atomic E-state index is 0.0487. The van der Waals surface area contributed by atoms with Crippen molar-refractivity contribution < 1.29 is 0 Å². The van der Waals surface area contributed by atoms with Gasteiger partial charge in [0.25, 0.3) is 0 Å². The van der Waals surface area contributed by atoms with Gasteiger partial charge in [-0.2, -0.15) is 0 Å². The van der Waals surface area contributed by atoms with Crippen LogP contribution in [0.5, 0.6) is 0 Å². The molecule has 0 bridgehead atoms. The van der Waals surface area contributed by atoms with Gasteiger partial charge in [-0.05, 0) is 22.9 Å². The third-order valence-corrected chi connectivity index (χ3v) is 4.40. The smallest absolute Gasteiger partial charge is 0.130 e. The zero-order valence-electron chi connectivity index (χ0n) is 11.7. The largest absolute Gasteiger partial charge is 0.343 e. The number of thiophene rings is 1. The number of nitrogens with zero attached hydrogens (tertiary/aromatic N) is 1. The third kappa shape index (κ3) is 2.41. The molecule has 1 aromatic carbocycles. The Hall–Kier alpha value is -1.52. The molecule has 0 atom stereocenters. The van der Waals surface area contributed by atoms with E-state index in [-0.39, 0.29) is 5.41 Å². The van der Waals surface area contributed by atoms with Gasteiger partial charge in [0.1, 0.15) is 10.5 Å². The van der Waals surface area contributed by atoms with Crippen LogP contribution in [0.25, 0.3) is 21.3 Å². The van der Waals surface area contributed by atoms with Crippen LogP contribution in [0, 0.1) is 4.64 Å². The highest BCUT2D eigenvalue weighted by atomic mass is 32.1. The summed E-state index contributed by atoms with van der Waals surface area (Å²) in [5.74, 6) is 0.925. The van der Waals surface area contributed by atoms with Crippen LogP contribution in [0.4, 0.5) is 0 Å². The second-order valence-electron chi connectivity index (χ2n) is 5.88. The van der Waals surface area contributed by atoms with Crippen LogP contribution >= 0.6 is 23.6 Å². The van der Waals surface area contributed by atoms with Crippen LogP contribution in [0.1, 0.15) is 26.6 Å². The number of benzene rings is 1. The molecule has 2 aromatic heterocycles. The SMILES string of the molecule is CC(C)(C)c1nc(=S)cc(-c2cccc3ccsc23)[nH]1. The molecule has 2 nitrogen and oxygen atoms in total.